The number of nitrogens with two attached hydrogens (primary N) is 2. The van der Waals surface area contributed by atoms with E-state index in [2.05, 4.69) is 28.6 Å². The van der Waals surface area contributed by atoms with Gasteiger partial charge in [-0.15, -0.1) is 0 Å². The SMILES string of the molecule is C[C@H](NC(=O)[C@@H](N)CS)C(=O)N[C@@H](CCCNC(=N)N)C(=O)O. The van der Waals surface area contributed by atoms with Gasteiger partial charge < -0.3 is 32.5 Å². The van der Waals surface area contributed by atoms with Crippen molar-refractivity contribution >= 4 is 36.4 Å². The molecule has 0 saturated carbocycles. The van der Waals surface area contributed by atoms with Gasteiger partial charge in [0, 0.05) is 12.3 Å². The first-order valence-electron chi connectivity index (χ1n) is 6.96. The number of aliphatic carboxylic acids is 1. The largest absolute Gasteiger partial charge is 0.480 e. The van der Waals surface area contributed by atoms with Crippen LogP contribution in [0.15, 0.2) is 0 Å². The van der Waals surface area contributed by atoms with Gasteiger partial charge in [-0.1, -0.05) is 0 Å². The molecule has 10 nitrogen and oxygen atoms in total. The summed E-state index contributed by atoms with van der Waals surface area (Å²) < 4.78 is 0. The molecule has 0 aliphatic heterocycles. The Labute approximate surface area is 139 Å². The van der Waals surface area contributed by atoms with E-state index in [-0.39, 0.29) is 18.1 Å². The molecule has 0 unspecified atom stereocenters. The van der Waals surface area contributed by atoms with Crippen LogP contribution >= 0.6 is 12.6 Å². The van der Waals surface area contributed by atoms with Crippen LogP contribution in [0.1, 0.15) is 19.8 Å². The van der Waals surface area contributed by atoms with E-state index in [1.807, 2.05) is 0 Å². The molecule has 0 aromatic rings. The van der Waals surface area contributed by atoms with Gasteiger partial charge in [0.25, 0.3) is 0 Å². The first-order valence-corrected chi connectivity index (χ1v) is 7.60. The highest BCUT2D eigenvalue weighted by molar-refractivity contribution is 7.80. The zero-order valence-corrected chi connectivity index (χ0v) is 13.7. The summed E-state index contributed by atoms with van der Waals surface area (Å²) in [6.07, 6.45) is 0.542. The van der Waals surface area contributed by atoms with Gasteiger partial charge in [0.05, 0.1) is 6.04 Å². The minimum Gasteiger partial charge on any atom is -0.480 e. The predicted molar refractivity (Wildman–Crippen MR) is 88.2 cm³/mol. The Morgan fingerprint density at radius 1 is 1.26 bits per heavy atom. The van der Waals surface area contributed by atoms with E-state index in [1.54, 1.807) is 0 Å². The molecule has 0 aromatic heterocycles. The molecule has 0 fully saturated rings. The zero-order valence-electron chi connectivity index (χ0n) is 12.8. The Morgan fingerprint density at radius 3 is 2.35 bits per heavy atom. The number of hydrogen-bond acceptors (Lipinski definition) is 6. The molecule has 0 radical (unpaired) electrons. The molecule has 3 atom stereocenters. The van der Waals surface area contributed by atoms with Crippen LogP contribution in [-0.4, -0.2) is 59.3 Å². The molecule has 0 aliphatic carbocycles. The summed E-state index contributed by atoms with van der Waals surface area (Å²) in [6, 6.07) is -2.87. The Bertz CT molecular complexity index is 447. The fourth-order valence-corrected chi connectivity index (χ4v) is 1.72. The zero-order chi connectivity index (χ0) is 18.0. The number of carbonyl (C=O) groups is 3. The Hall–Kier alpha value is -2.01. The van der Waals surface area contributed by atoms with Gasteiger partial charge in [0.1, 0.15) is 12.1 Å². The smallest absolute Gasteiger partial charge is 0.326 e. The quantitative estimate of drug-likeness (QED) is 0.0934. The molecule has 0 rings (SSSR count). The Kier molecular flexibility index (Phi) is 9.74. The van der Waals surface area contributed by atoms with Crippen molar-refractivity contribution in [1.82, 2.24) is 16.0 Å². The van der Waals surface area contributed by atoms with Crippen molar-refractivity contribution in [3.05, 3.63) is 0 Å². The topological polar surface area (TPSA) is 183 Å². The summed E-state index contributed by atoms with van der Waals surface area (Å²) in [5.41, 5.74) is 10.6. The van der Waals surface area contributed by atoms with Crippen molar-refractivity contribution < 1.29 is 19.5 Å². The highest BCUT2D eigenvalue weighted by atomic mass is 32.1. The molecule has 0 saturated heterocycles. The average Bonchev–Trinajstić information content (AvgIpc) is 2.48. The van der Waals surface area contributed by atoms with Crippen molar-refractivity contribution in [3.63, 3.8) is 0 Å². The highest BCUT2D eigenvalue weighted by Crippen LogP contribution is 1.98. The van der Waals surface area contributed by atoms with E-state index in [1.165, 1.54) is 6.92 Å². The molecule has 2 amide bonds. The minimum absolute atomic E-state index is 0.126. The molecule has 0 spiro atoms. The number of guanidine groups is 1. The maximum atomic E-state index is 11.9. The van der Waals surface area contributed by atoms with Crippen LogP contribution in [0.2, 0.25) is 0 Å². The van der Waals surface area contributed by atoms with E-state index in [0.717, 1.165) is 0 Å². The van der Waals surface area contributed by atoms with E-state index >= 15 is 0 Å². The third-order valence-corrected chi connectivity index (χ3v) is 3.28. The van der Waals surface area contributed by atoms with Crippen LogP contribution < -0.4 is 27.4 Å². The lowest BCUT2D eigenvalue weighted by Gasteiger charge is -2.20. The predicted octanol–water partition coefficient (Wildman–Crippen LogP) is -2.42. The van der Waals surface area contributed by atoms with Gasteiger partial charge in [-0.25, -0.2) is 4.79 Å². The Morgan fingerprint density at radius 2 is 1.87 bits per heavy atom. The van der Waals surface area contributed by atoms with Crippen molar-refractivity contribution in [3.8, 4) is 0 Å². The molecule has 23 heavy (non-hydrogen) atoms. The second kappa shape index (κ2) is 10.7. The van der Waals surface area contributed by atoms with E-state index in [0.29, 0.717) is 13.0 Å². The number of carboxylic acids is 1. The summed E-state index contributed by atoms with van der Waals surface area (Å²) in [4.78, 5) is 34.6. The van der Waals surface area contributed by atoms with Gasteiger partial charge in [0.15, 0.2) is 5.96 Å². The number of rotatable bonds is 10. The van der Waals surface area contributed by atoms with Crippen molar-refractivity contribution in [2.24, 2.45) is 11.5 Å². The number of amides is 2. The van der Waals surface area contributed by atoms with Crippen LogP contribution in [0.3, 0.4) is 0 Å². The van der Waals surface area contributed by atoms with Gasteiger partial charge in [-0.3, -0.25) is 15.0 Å². The standard InChI is InChI=1S/C12H24N6O4S/c1-6(17-10(20)7(13)5-23)9(19)18-8(11(21)22)3-2-4-16-12(14)15/h6-8,23H,2-5,13H2,1H3,(H,17,20)(H,18,19)(H,21,22)(H4,14,15,16)/t6-,7-,8-/m0/s1. The fraction of sp³-hybridized carbons (Fsp3) is 0.667. The first kappa shape index (κ1) is 21.0. The molecular formula is C12H24N6O4S. The van der Waals surface area contributed by atoms with Crippen LogP contribution in [0.25, 0.3) is 0 Å². The summed E-state index contributed by atoms with van der Waals surface area (Å²) in [5, 5.41) is 23.3. The first-order chi connectivity index (χ1) is 10.7. The maximum Gasteiger partial charge on any atom is 0.326 e. The second-order valence-corrected chi connectivity index (χ2v) is 5.27. The summed E-state index contributed by atoms with van der Waals surface area (Å²) in [6.45, 7) is 1.74. The third-order valence-electron chi connectivity index (χ3n) is 2.89. The van der Waals surface area contributed by atoms with Gasteiger partial charge in [-0.05, 0) is 19.8 Å². The molecule has 0 bridgehead atoms. The molecule has 9 N–H and O–H groups in total. The molecule has 0 aliphatic rings. The third kappa shape index (κ3) is 8.88. The lowest BCUT2D eigenvalue weighted by molar-refractivity contribution is -0.142. The summed E-state index contributed by atoms with van der Waals surface area (Å²) in [7, 11) is 0. The van der Waals surface area contributed by atoms with Crippen LogP contribution in [0.4, 0.5) is 0 Å². The maximum absolute atomic E-state index is 11.9. The van der Waals surface area contributed by atoms with E-state index in [4.69, 9.17) is 22.0 Å². The van der Waals surface area contributed by atoms with Crippen LogP contribution in [-0.2, 0) is 14.4 Å². The number of carbonyl (C=O) groups excluding carboxylic acids is 2. The number of nitrogens with one attached hydrogen (secondary N) is 4. The highest BCUT2D eigenvalue weighted by Gasteiger charge is 2.24. The lowest BCUT2D eigenvalue weighted by Crippen LogP contribution is -2.53. The van der Waals surface area contributed by atoms with Gasteiger partial charge in [-0.2, -0.15) is 12.6 Å². The minimum atomic E-state index is -1.19. The van der Waals surface area contributed by atoms with E-state index in [9.17, 15) is 14.4 Å². The summed E-state index contributed by atoms with van der Waals surface area (Å²) in [5.74, 6) is -2.44. The number of carboxylic acid groups (broad SMARTS) is 1. The van der Waals surface area contributed by atoms with Crippen molar-refractivity contribution in [2.75, 3.05) is 12.3 Å². The normalized spacial score (nSPS) is 14.2. The average molecular weight is 348 g/mol. The van der Waals surface area contributed by atoms with Crippen molar-refractivity contribution in [2.45, 2.75) is 37.9 Å². The molecule has 11 heteroatoms. The van der Waals surface area contributed by atoms with Gasteiger partial charge >= 0.3 is 5.97 Å². The fourth-order valence-electron chi connectivity index (χ4n) is 1.55. The van der Waals surface area contributed by atoms with Crippen molar-refractivity contribution in [1.29, 1.82) is 5.41 Å². The lowest BCUT2D eigenvalue weighted by atomic mass is 10.1. The van der Waals surface area contributed by atoms with Gasteiger partial charge in [0.2, 0.25) is 11.8 Å². The molecule has 0 heterocycles. The van der Waals surface area contributed by atoms with Crippen LogP contribution in [0, 0.1) is 5.41 Å². The monoisotopic (exact) mass is 348 g/mol. The number of thiol groups is 1. The molecule has 132 valence electrons. The molecule has 0 aromatic carbocycles. The van der Waals surface area contributed by atoms with Crippen LogP contribution in [0.5, 0.6) is 0 Å². The summed E-state index contributed by atoms with van der Waals surface area (Å²) >= 11 is 3.88. The Balaban J connectivity index is 4.40. The second-order valence-electron chi connectivity index (χ2n) is 4.90. The van der Waals surface area contributed by atoms with E-state index < -0.39 is 35.9 Å². The molecular weight excluding hydrogens is 324 g/mol. The number of hydrogen-bond donors (Lipinski definition) is 8.